The lowest BCUT2D eigenvalue weighted by molar-refractivity contribution is 0.761. The molecule has 4 nitrogen and oxygen atoms in total. The molecule has 0 radical (unpaired) electrons. The van der Waals surface area contributed by atoms with Crippen LogP contribution in [0.5, 0.6) is 0 Å². The Kier molecular flexibility index (Phi) is 3.32. The van der Waals surface area contributed by atoms with Gasteiger partial charge in [0.2, 0.25) is 0 Å². The molecule has 0 aliphatic carbocycles. The highest BCUT2D eigenvalue weighted by atomic mass is 32.2. The largest absolute Gasteiger partial charge is 0.309 e. The van der Waals surface area contributed by atoms with E-state index >= 15 is 0 Å². The fraction of sp³-hybridized carbons (Fsp3) is 0.625. The van der Waals surface area contributed by atoms with E-state index in [4.69, 9.17) is 5.26 Å². The second-order valence-electron chi connectivity index (χ2n) is 2.93. The number of nitrogens with zero attached hydrogens (tertiary/aromatic N) is 4. The van der Waals surface area contributed by atoms with Crippen LogP contribution in [0.1, 0.15) is 12.7 Å². The lowest BCUT2D eigenvalue weighted by Gasteiger charge is -2.01. The summed E-state index contributed by atoms with van der Waals surface area (Å²) < 4.78 is 1.93. The summed E-state index contributed by atoms with van der Waals surface area (Å²) in [6.07, 6.45) is 0. The third-order valence-corrected chi connectivity index (χ3v) is 3.02. The minimum Gasteiger partial charge on any atom is -0.309 e. The molecule has 0 aliphatic rings. The SMILES string of the molecule is Cc1nnc(SCC(C)C#N)n1C. The zero-order valence-electron chi connectivity index (χ0n) is 7.98. The van der Waals surface area contributed by atoms with Crippen LogP contribution in [-0.2, 0) is 7.05 Å². The van der Waals surface area contributed by atoms with Crippen molar-refractivity contribution in [1.82, 2.24) is 14.8 Å². The third kappa shape index (κ3) is 2.46. The van der Waals surface area contributed by atoms with Crippen molar-refractivity contribution in [2.24, 2.45) is 13.0 Å². The first kappa shape index (κ1) is 10.1. The van der Waals surface area contributed by atoms with Gasteiger partial charge in [-0.25, -0.2) is 0 Å². The van der Waals surface area contributed by atoms with Crippen LogP contribution >= 0.6 is 11.8 Å². The van der Waals surface area contributed by atoms with Crippen LogP contribution in [0.25, 0.3) is 0 Å². The van der Waals surface area contributed by atoms with Crippen molar-refractivity contribution in [3.63, 3.8) is 0 Å². The van der Waals surface area contributed by atoms with Gasteiger partial charge < -0.3 is 4.57 Å². The van der Waals surface area contributed by atoms with Crippen molar-refractivity contribution in [3.05, 3.63) is 5.82 Å². The van der Waals surface area contributed by atoms with E-state index in [0.717, 1.165) is 16.7 Å². The summed E-state index contributed by atoms with van der Waals surface area (Å²) in [5, 5.41) is 17.4. The fourth-order valence-corrected chi connectivity index (χ4v) is 1.65. The van der Waals surface area contributed by atoms with Crippen LogP contribution in [0.4, 0.5) is 0 Å². The van der Waals surface area contributed by atoms with Gasteiger partial charge in [-0.2, -0.15) is 5.26 Å². The highest BCUT2D eigenvalue weighted by Gasteiger charge is 2.07. The molecule has 0 fully saturated rings. The fourth-order valence-electron chi connectivity index (χ4n) is 0.750. The topological polar surface area (TPSA) is 54.5 Å². The minimum atomic E-state index is 0.0574. The molecular formula is C8H12N4S. The van der Waals surface area contributed by atoms with E-state index in [2.05, 4.69) is 16.3 Å². The van der Waals surface area contributed by atoms with E-state index in [-0.39, 0.29) is 5.92 Å². The Labute approximate surface area is 82.0 Å². The van der Waals surface area contributed by atoms with Crippen LogP contribution in [0.2, 0.25) is 0 Å². The van der Waals surface area contributed by atoms with Gasteiger partial charge in [0.15, 0.2) is 5.16 Å². The van der Waals surface area contributed by atoms with Gasteiger partial charge in [-0.1, -0.05) is 11.8 Å². The van der Waals surface area contributed by atoms with Gasteiger partial charge in [-0.3, -0.25) is 0 Å². The Hall–Kier alpha value is -1.02. The molecule has 0 aliphatic heterocycles. The van der Waals surface area contributed by atoms with Crippen molar-refractivity contribution in [1.29, 1.82) is 5.26 Å². The minimum absolute atomic E-state index is 0.0574. The van der Waals surface area contributed by atoms with Gasteiger partial charge in [-0.05, 0) is 13.8 Å². The maximum atomic E-state index is 8.58. The lowest BCUT2D eigenvalue weighted by Crippen LogP contribution is -1.98. The number of aromatic nitrogens is 3. The summed E-state index contributed by atoms with van der Waals surface area (Å²) in [4.78, 5) is 0. The molecular weight excluding hydrogens is 184 g/mol. The Morgan fingerprint density at radius 3 is 2.77 bits per heavy atom. The molecule has 0 N–H and O–H groups in total. The zero-order chi connectivity index (χ0) is 9.84. The Bertz CT molecular complexity index is 325. The lowest BCUT2D eigenvalue weighted by atomic mass is 10.3. The molecule has 1 aromatic heterocycles. The second kappa shape index (κ2) is 4.28. The smallest absolute Gasteiger partial charge is 0.190 e. The second-order valence-corrected chi connectivity index (χ2v) is 3.92. The van der Waals surface area contributed by atoms with Crippen LogP contribution in [0, 0.1) is 24.2 Å². The summed E-state index contributed by atoms with van der Waals surface area (Å²) >= 11 is 1.57. The molecule has 0 saturated heterocycles. The summed E-state index contributed by atoms with van der Waals surface area (Å²) in [5.74, 6) is 1.72. The molecule has 0 aromatic carbocycles. The van der Waals surface area contributed by atoms with Crippen LogP contribution < -0.4 is 0 Å². The molecule has 5 heteroatoms. The number of nitriles is 1. The van der Waals surface area contributed by atoms with Crippen LogP contribution in [0.3, 0.4) is 0 Å². The molecule has 0 bridgehead atoms. The number of thioether (sulfide) groups is 1. The van der Waals surface area contributed by atoms with Gasteiger partial charge in [0.25, 0.3) is 0 Å². The maximum Gasteiger partial charge on any atom is 0.190 e. The van der Waals surface area contributed by atoms with E-state index in [1.54, 1.807) is 11.8 Å². The van der Waals surface area contributed by atoms with E-state index in [1.165, 1.54) is 0 Å². The summed E-state index contributed by atoms with van der Waals surface area (Å²) in [7, 11) is 1.93. The molecule has 1 atom stereocenters. The van der Waals surface area contributed by atoms with E-state index in [0.29, 0.717) is 0 Å². The molecule has 1 unspecified atom stereocenters. The molecule has 0 saturated carbocycles. The number of rotatable bonds is 3. The third-order valence-electron chi connectivity index (χ3n) is 1.74. The maximum absolute atomic E-state index is 8.58. The summed E-state index contributed by atoms with van der Waals surface area (Å²) in [6.45, 7) is 3.81. The van der Waals surface area contributed by atoms with E-state index in [1.807, 2.05) is 25.5 Å². The normalized spacial score (nSPS) is 12.5. The molecule has 1 rings (SSSR count). The van der Waals surface area contributed by atoms with Gasteiger partial charge in [0, 0.05) is 12.8 Å². The van der Waals surface area contributed by atoms with Crippen LogP contribution in [0.15, 0.2) is 5.16 Å². The van der Waals surface area contributed by atoms with Gasteiger partial charge in [-0.15, -0.1) is 10.2 Å². The highest BCUT2D eigenvalue weighted by molar-refractivity contribution is 7.99. The summed E-state index contributed by atoms with van der Waals surface area (Å²) in [5.41, 5.74) is 0. The van der Waals surface area contributed by atoms with Crippen molar-refractivity contribution in [2.45, 2.75) is 19.0 Å². The Morgan fingerprint density at radius 2 is 2.31 bits per heavy atom. The van der Waals surface area contributed by atoms with Crippen LogP contribution in [-0.4, -0.2) is 20.5 Å². The first-order valence-corrected chi connectivity index (χ1v) is 5.02. The highest BCUT2D eigenvalue weighted by Crippen LogP contribution is 2.17. The van der Waals surface area contributed by atoms with Crippen molar-refractivity contribution >= 4 is 11.8 Å². The van der Waals surface area contributed by atoms with Crippen molar-refractivity contribution < 1.29 is 0 Å². The van der Waals surface area contributed by atoms with Crippen molar-refractivity contribution in [3.8, 4) is 6.07 Å². The van der Waals surface area contributed by atoms with Gasteiger partial charge in [0.05, 0.1) is 12.0 Å². The molecule has 70 valence electrons. The first-order valence-electron chi connectivity index (χ1n) is 4.03. The molecule has 0 amide bonds. The summed E-state index contributed by atoms with van der Waals surface area (Å²) in [6, 6.07) is 2.18. The molecule has 1 aromatic rings. The predicted octanol–water partition coefficient (Wildman–Crippen LogP) is 1.38. The average Bonchev–Trinajstić information content (AvgIpc) is 2.44. The first-order chi connectivity index (χ1) is 6.15. The molecule has 0 spiro atoms. The molecule has 1 heterocycles. The van der Waals surface area contributed by atoms with Gasteiger partial charge >= 0.3 is 0 Å². The molecule has 13 heavy (non-hydrogen) atoms. The van der Waals surface area contributed by atoms with Crippen molar-refractivity contribution in [2.75, 3.05) is 5.75 Å². The van der Waals surface area contributed by atoms with E-state index < -0.39 is 0 Å². The van der Waals surface area contributed by atoms with Gasteiger partial charge in [0.1, 0.15) is 5.82 Å². The average molecular weight is 196 g/mol. The standard InChI is InChI=1S/C8H12N4S/c1-6(4-9)5-13-8-11-10-7(2)12(8)3/h6H,5H2,1-3H3. The monoisotopic (exact) mass is 196 g/mol. The predicted molar refractivity (Wildman–Crippen MR) is 51.2 cm³/mol. The quantitative estimate of drug-likeness (QED) is 0.685. The number of hydrogen-bond acceptors (Lipinski definition) is 4. The zero-order valence-corrected chi connectivity index (χ0v) is 8.80. The Balaban J connectivity index is 2.56. The number of aryl methyl sites for hydroxylation is 1. The van der Waals surface area contributed by atoms with E-state index in [9.17, 15) is 0 Å². The number of hydrogen-bond donors (Lipinski definition) is 0. The Morgan fingerprint density at radius 1 is 1.62 bits per heavy atom.